The fraction of sp³-hybridized carbons (Fsp3) is 0.0588. The van der Waals surface area contributed by atoms with Crippen LogP contribution in [0.2, 0.25) is 0 Å². The molecule has 0 aliphatic rings. The summed E-state index contributed by atoms with van der Waals surface area (Å²) in [7, 11) is 0. The van der Waals surface area contributed by atoms with Crippen molar-refractivity contribution in [1.29, 1.82) is 0 Å². The number of nitro groups is 1. The van der Waals surface area contributed by atoms with Gasteiger partial charge in [0.2, 0.25) is 0 Å². The number of hydrogen-bond acceptors (Lipinski definition) is 5. The second kappa shape index (κ2) is 7.12. The van der Waals surface area contributed by atoms with E-state index in [2.05, 4.69) is 26.2 Å². The number of aromatic nitrogens is 1. The molecule has 0 bridgehead atoms. The summed E-state index contributed by atoms with van der Waals surface area (Å²) in [6.07, 6.45) is 0. The Morgan fingerprint density at radius 3 is 2.64 bits per heavy atom. The van der Waals surface area contributed by atoms with Gasteiger partial charge in [0, 0.05) is 21.0 Å². The number of nitrogens with one attached hydrogen (secondary N) is 1. The quantitative estimate of drug-likeness (QED) is 0.475. The van der Waals surface area contributed by atoms with Gasteiger partial charge in [-0.15, -0.1) is 11.3 Å². The van der Waals surface area contributed by atoms with E-state index in [0.29, 0.717) is 10.7 Å². The van der Waals surface area contributed by atoms with Crippen LogP contribution in [0.5, 0.6) is 0 Å². The summed E-state index contributed by atoms with van der Waals surface area (Å²) in [4.78, 5) is 27.5. The lowest BCUT2D eigenvalue weighted by atomic mass is 10.1. The molecule has 0 saturated carbocycles. The van der Waals surface area contributed by atoms with E-state index in [1.54, 1.807) is 19.1 Å². The summed E-state index contributed by atoms with van der Waals surface area (Å²) in [5.41, 5.74) is 1.91. The number of rotatable bonds is 4. The minimum Gasteiger partial charge on any atom is -0.298 e. The molecule has 0 radical (unpaired) electrons. The summed E-state index contributed by atoms with van der Waals surface area (Å²) < 4.78 is 0.965. The van der Waals surface area contributed by atoms with Gasteiger partial charge in [-0.2, -0.15) is 0 Å². The fourth-order valence-corrected chi connectivity index (χ4v) is 3.31. The van der Waals surface area contributed by atoms with Crippen LogP contribution in [0, 0.1) is 17.0 Å². The Kier molecular flexibility index (Phi) is 4.91. The van der Waals surface area contributed by atoms with Crippen LogP contribution in [0.25, 0.3) is 11.3 Å². The molecule has 2 aromatic carbocycles. The lowest BCUT2D eigenvalue weighted by Gasteiger charge is -2.05. The van der Waals surface area contributed by atoms with Crippen molar-refractivity contribution in [3.05, 3.63) is 73.6 Å². The smallest absolute Gasteiger partial charge is 0.285 e. The van der Waals surface area contributed by atoms with Crippen LogP contribution in [-0.2, 0) is 0 Å². The summed E-state index contributed by atoms with van der Waals surface area (Å²) in [6, 6.07) is 12.3. The first-order valence-corrected chi connectivity index (χ1v) is 8.90. The van der Waals surface area contributed by atoms with E-state index < -0.39 is 10.8 Å². The van der Waals surface area contributed by atoms with E-state index in [4.69, 9.17) is 0 Å². The highest BCUT2D eigenvalue weighted by Crippen LogP contribution is 2.28. The summed E-state index contributed by atoms with van der Waals surface area (Å²) in [5, 5.41) is 16.1. The van der Waals surface area contributed by atoms with Gasteiger partial charge in [0.15, 0.2) is 5.13 Å². The van der Waals surface area contributed by atoms with Crippen molar-refractivity contribution in [1.82, 2.24) is 4.98 Å². The molecule has 3 aromatic rings. The van der Waals surface area contributed by atoms with Gasteiger partial charge < -0.3 is 0 Å². The maximum absolute atomic E-state index is 12.4. The van der Waals surface area contributed by atoms with Crippen LogP contribution in [0.3, 0.4) is 0 Å². The predicted molar refractivity (Wildman–Crippen MR) is 101 cm³/mol. The number of thiazole rings is 1. The van der Waals surface area contributed by atoms with Crippen LogP contribution in [0.1, 0.15) is 15.9 Å². The SMILES string of the molecule is Cc1cccc(C(=O)Nc2nc(-c3ccc(Br)cc3)cs2)c1[N+](=O)[O-]. The fourth-order valence-electron chi connectivity index (χ4n) is 2.33. The van der Waals surface area contributed by atoms with Crippen LogP contribution in [-0.4, -0.2) is 15.8 Å². The van der Waals surface area contributed by atoms with Gasteiger partial charge in [-0.3, -0.25) is 20.2 Å². The zero-order valence-electron chi connectivity index (χ0n) is 13.0. The number of nitrogens with zero attached hydrogens (tertiary/aromatic N) is 2. The standard InChI is InChI=1S/C17H12BrN3O3S/c1-10-3-2-4-13(15(10)21(23)24)16(22)20-17-19-14(9-25-17)11-5-7-12(18)8-6-11/h2-9H,1H3,(H,19,20,22). The van der Waals surface area contributed by atoms with E-state index in [-0.39, 0.29) is 11.3 Å². The second-order valence-electron chi connectivity index (χ2n) is 5.23. The number of carbonyl (C=O) groups is 1. The monoisotopic (exact) mass is 417 g/mol. The number of amides is 1. The number of nitro benzene ring substituents is 1. The molecule has 1 heterocycles. The van der Waals surface area contributed by atoms with Gasteiger partial charge in [0.05, 0.1) is 10.6 Å². The highest BCUT2D eigenvalue weighted by Gasteiger charge is 2.23. The van der Waals surface area contributed by atoms with Gasteiger partial charge in [0.25, 0.3) is 11.6 Å². The highest BCUT2D eigenvalue weighted by atomic mass is 79.9. The number of benzene rings is 2. The van der Waals surface area contributed by atoms with Crippen molar-refractivity contribution in [2.24, 2.45) is 0 Å². The predicted octanol–water partition coefficient (Wildman–Crippen LogP) is 5.04. The minimum absolute atomic E-state index is 0.0189. The van der Waals surface area contributed by atoms with Crippen LogP contribution >= 0.6 is 27.3 Å². The van der Waals surface area contributed by atoms with Gasteiger partial charge >= 0.3 is 0 Å². The molecule has 8 heteroatoms. The largest absolute Gasteiger partial charge is 0.298 e. The van der Waals surface area contributed by atoms with E-state index >= 15 is 0 Å². The zero-order valence-corrected chi connectivity index (χ0v) is 15.4. The molecule has 0 fully saturated rings. The molecule has 1 amide bonds. The highest BCUT2D eigenvalue weighted by molar-refractivity contribution is 9.10. The number of hydrogen-bond donors (Lipinski definition) is 1. The third-order valence-corrected chi connectivity index (χ3v) is 4.82. The molecule has 0 atom stereocenters. The Morgan fingerprint density at radius 2 is 1.96 bits per heavy atom. The maximum Gasteiger partial charge on any atom is 0.285 e. The number of halogens is 1. The molecular weight excluding hydrogens is 406 g/mol. The minimum atomic E-state index is -0.549. The van der Waals surface area contributed by atoms with E-state index in [1.807, 2.05) is 29.6 Å². The average molecular weight is 418 g/mol. The summed E-state index contributed by atoms with van der Waals surface area (Å²) in [5.74, 6) is -0.549. The first kappa shape index (κ1) is 17.2. The third kappa shape index (κ3) is 3.75. The molecule has 25 heavy (non-hydrogen) atoms. The van der Waals surface area contributed by atoms with E-state index in [9.17, 15) is 14.9 Å². The molecule has 1 N–H and O–H groups in total. The third-order valence-electron chi connectivity index (χ3n) is 3.53. The van der Waals surface area contributed by atoms with Gasteiger partial charge in [0.1, 0.15) is 5.56 Å². The number of anilines is 1. The lowest BCUT2D eigenvalue weighted by Crippen LogP contribution is -2.14. The van der Waals surface area contributed by atoms with Crippen molar-refractivity contribution in [2.75, 3.05) is 5.32 Å². The Morgan fingerprint density at radius 1 is 1.24 bits per heavy atom. The lowest BCUT2D eigenvalue weighted by molar-refractivity contribution is -0.385. The van der Waals surface area contributed by atoms with Crippen molar-refractivity contribution >= 4 is 44.0 Å². The van der Waals surface area contributed by atoms with Crippen molar-refractivity contribution in [3.63, 3.8) is 0 Å². The van der Waals surface area contributed by atoms with E-state index in [0.717, 1.165) is 15.7 Å². The maximum atomic E-state index is 12.4. The van der Waals surface area contributed by atoms with Crippen LogP contribution in [0.15, 0.2) is 52.3 Å². The zero-order chi connectivity index (χ0) is 18.0. The number of para-hydroxylation sites is 1. The summed E-state index contributed by atoms with van der Waals surface area (Å²) in [6.45, 7) is 1.60. The molecule has 0 unspecified atom stereocenters. The summed E-state index contributed by atoms with van der Waals surface area (Å²) >= 11 is 4.64. The molecule has 126 valence electrons. The second-order valence-corrected chi connectivity index (χ2v) is 7.00. The molecule has 0 aliphatic heterocycles. The molecular formula is C17H12BrN3O3S. The molecule has 0 spiro atoms. The first-order valence-electron chi connectivity index (χ1n) is 7.22. The van der Waals surface area contributed by atoms with Crippen LogP contribution < -0.4 is 5.32 Å². The normalized spacial score (nSPS) is 10.5. The first-order chi connectivity index (χ1) is 12.0. The Labute approximate surface area is 155 Å². The Bertz CT molecular complexity index is 954. The van der Waals surface area contributed by atoms with Crippen molar-refractivity contribution in [2.45, 2.75) is 6.92 Å². The average Bonchev–Trinajstić information content (AvgIpc) is 3.03. The molecule has 0 aliphatic carbocycles. The van der Waals surface area contributed by atoms with Gasteiger partial charge in [-0.05, 0) is 25.1 Å². The molecule has 1 aromatic heterocycles. The van der Waals surface area contributed by atoms with Crippen LogP contribution in [0.4, 0.5) is 10.8 Å². The van der Waals surface area contributed by atoms with Gasteiger partial charge in [-0.1, -0.05) is 40.2 Å². The van der Waals surface area contributed by atoms with Gasteiger partial charge in [-0.25, -0.2) is 4.98 Å². The van der Waals surface area contributed by atoms with E-state index in [1.165, 1.54) is 17.4 Å². The topological polar surface area (TPSA) is 85.1 Å². The van der Waals surface area contributed by atoms with Crippen molar-refractivity contribution < 1.29 is 9.72 Å². The molecule has 0 saturated heterocycles. The molecule has 3 rings (SSSR count). The molecule has 6 nitrogen and oxygen atoms in total. The van der Waals surface area contributed by atoms with Crippen molar-refractivity contribution in [3.8, 4) is 11.3 Å². The number of aryl methyl sites for hydroxylation is 1. The number of carbonyl (C=O) groups excluding carboxylic acids is 1. The Hall–Kier alpha value is -2.58. The Balaban J connectivity index is 1.84.